The summed E-state index contributed by atoms with van der Waals surface area (Å²) in [7, 11) is 0. The molecule has 130 valence electrons. The second-order valence-electron chi connectivity index (χ2n) is 5.71. The Bertz CT molecular complexity index is 856. The Morgan fingerprint density at radius 2 is 1.56 bits per heavy atom. The second kappa shape index (κ2) is 6.37. The first-order valence-corrected chi connectivity index (χ1v) is 7.48. The van der Waals surface area contributed by atoms with E-state index in [-0.39, 0.29) is 35.2 Å². The number of aromatic hydroxyl groups is 4. The van der Waals surface area contributed by atoms with E-state index in [0.717, 1.165) is 0 Å². The van der Waals surface area contributed by atoms with Gasteiger partial charge in [-0.2, -0.15) is 0 Å². The molecule has 2 unspecified atom stereocenters. The van der Waals surface area contributed by atoms with Gasteiger partial charge in [0.1, 0.15) is 6.10 Å². The van der Waals surface area contributed by atoms with Gasteiger partial charge in [0.05, 0.1) is 12.5 Å². The van der Waals surface area contributed by atoms with Gasteiger partial charge in [0.15, 0.2) is 23.0 Å². The molecule has 0 aliphatic carbocycles. The molecule has 7 nitrogen and oxygen atoms in total. The molecule has 1 saturated heterocycles. The van der Waals surface area contributed by atoms with Crippen molar-refractivity contribution >= 4 is 12.0 Å². The minimum absolute atomic E-state index is 0.199. The highest BCUT2D eigenvalue weighted by Crippen LogP contribution is 2.42. The van der Waals surface area contributed by atoms with E-state index in [1.807, 2.05) is 0 Å². The van der Waals surface area contributed by atoms with E-state index in [1.165, 1.54) is 42.5 Å². The lowest BCUT2D eigenvalue weighted by Gasteiger charge is -2.16. The molecule has 3 rings (SSSR count). The van der Waals surface area contributed by atoms with E-state index in [4.69, 9.17) is 4.74 Å². The Morgan fingerprint density at radius 1 is 0.920 bits per heavy atom. The molecule has 1 heterocycles. The van der Waals surface area contributed by atoms with Gasteiger partial charge in [-0.25, -0.2) is 4.79 Å². The summed E-state index contributed by atoms with van der Waals surface area (Å²) in [5.41, 5.74) is 1.08. The van der Waals surface area contributed by atoms with Crippen LogP contribution in [0.4, 0.5) is 0 Å². The van der Waals surface area contributed by atoms with Gasteiger partial charge in [-0.05, 0) is 41.5 Å². The predicted octanol–water partition coefficient (Wildman–Crippen LogP) is 1.80. The third-order valence-corrected chi connectivity index (χ3v) is 4.08. The second-order valence-corrected chi connectivity index (χ2v) is 5.71. The molecule has 2 aromatic carbocycles. The van der Waals surface area contributed by atoms with E-state index >= 15 is 0 Å². The standard InChI is InChI=1S/C18H16O7/c19-8-12-11(5-9-1-3-13(20)15(22)6-9)18(24)25-17(12)10-2-4-14(21)16(23)7-10/h1-7,12,17,19-23H,8H2. The number of hydrogen-bond donors (Lipinski definition) is 5. The number of carbonyl (C=O) groups excluding carboxylic acids is 1. The van der Waals surface area contributed by atoms with Crippen molar-refractivity contribution in [3.8, 4) is 23.0 Å². The highest BCUT2D eigenvalue weighted by molar-refractivity contribution is 5.96. The zero-order valence-corrected chi connectivity index (χ0v) is 13.0. The van der Waals surface area contributed by atoms with Gasteiger partial charge < -0.3 is 30.3 Å². The molecule has 0 amide bonds. The Hall–Kier alpha value is -3.19. The van der Waals surface area contributed by atoms with Crippen LogP contribution >= 0.6 is 0 Å². The summed E-state index contributed by atoms with van der Waals surface area (Å²) in [4.78, 5) is 12.2. The molecule has 1 aliphatic rings. The van der Waals surface area contributed by atoms with E-state index in [1.54, 1.807) is 0 Å². The van der Waals surface area contributed by atoms with Crippen LogP contribution in [-0.2, 0) is 9.53 Å². The van der Waals surface area contributed by atoms with Gasteiger partial charge in [-0.3, -0.25) is 0 Å². The van der Waals surface area contributed by atoms with Gasteiger partial charge in [-0.1, -0.05) is 12.1 Å². The van der Waals surface area contributed by atoms with E-state index in [9.17, 15) is 30.3 Å². The minimum atomic E-state index is -0.819. The number of aliphatic hydroxyl groups excluding tert-OH is 1. The third-order valence-electron chi connectivity index (χ3n) is 4.08. The maximum Gasteiger partial charge on any atom is 0.335 e. The summed E-state index contributed by atoms with van der Waals surface area (Å²) < 4.78 is 5.31. The molecular weight excluding hydrogens is 328 g/mol. The zero-order chi connectivity index (χ0) is 18.1. The summed E-state index contributed by atoms with van der Waals surface area (Å²) >= 11 is 0. The van der Waals surface area contributed by atoms with Crippen molar-refractivity contribution in [3.63, 3.8) is 0 Å². The number of phenols is 4. The summed E-state index contributed by atoms with van der Waals surface area (Å²) in [6, 6.07) is 8.10. The van der Waals surface area contributed by atoms with Crippen LogP contribution in [0.25, 0.3) is 6.08 Å². The number of ether oxygens (including phenoxy) is 1. The predicted molar refractivity (Wildman–Crippen MR) is 86.9 cm³/mol. The maximum absolute atomic E-state index is 12.2. The summed E-state index contributed by atoms with van der Waals surface area (Å²) in [5, 5.41) is 47.6. The zero-order valence-electron chi connectivity index (χ0n) is 13.0. The van der Waals surface area contributed by atoms with Gasteiger partial charge in [0.2, 0.25) is 0 Å². The SMILES string of the molecule is O=C1OC(c2ccc(O)c(O)c2)C(CO)C1=Cc1ccc(O)c(O)c1. The molecule has 1 fully saturated rings. The summed E-state index contributed by atoms with van der Waals surface area (Å²) in [6.07, 6.45) is 0.642. The molecule has 0 spiro atoms. The molecule has 0 saturated carbocycles. The smallest absolute Gasteiger partial charge is 0.335 e. The van der Waals surface area contributed by atoms with Crippen molar-refractivity contribution in [1.82, 2.24) is 0 Å². The normalized spacial score (nSPS) is 21.5. The number of esters is 1. The molecule has 0 radical (unpaired) electrons. The van der Waals surface area contributed by atoms with Crippen molar-refractivity contribution in [2.75, 3.05) is 6.61 Å². The Balaban J connectivity index is 1.97. The van der Waals surface area contributed by atoms with Crippen molar-refractivity contribution < 1.29 is 35.1 Å². The van der Waals surface area contributed by atoms with Crippen molar-refractivity contribution in [2.24, 2.45) is 5.92 Å². The van der Waals surface area contributed by atoms with Crippen LogP contribution in [0, 0.1) is 5.92 Å². The van der Waals surface area contributed by atoms with Crippen LogP contribution in [0.15, 0.2) is 42.0 Å². The Morgan fingerprint density at radius 3 is 2.16 bits per heavy atom. The van der Waals surface area contributed by atoms with Crippen LogP contribution < -0.4 is 0 Å². The van der Waals surface area contributed by atoms with Crippen LogP contribution in [0.2, 0.25) is 0 Å². The highest BCUT2D eigenvalue weighted by Gasteiger charge is 2.40. The first kappa shape index (κ1) is 16.7. The van der Waals surface area contributed by atoms with Crippen LogP contribution in [0.1, 0.15) is 17.2 Å². The number of hydrogen-bond acceptors (Lipinski definition) is 7. The molecule has 1 aliphatic heterocycles. The van der Waals surface area contributed by atoms with Gasteiger partial charge in [0, 0.05) is 5.57 Å². The van der Waals surface area contributed by atoms with Gasteiger partial charge in [0.25, 0.3) is 0 Å². The largest absolute Gasteiger partial charge is 0.504 e. The topological polar surface area (TPSA) is 127 Å². The Kier molecular flexibility index (Phi) is 4.24. The number of carbonyl (C=O) groups is 1. The van der Waals surface area contributed by atoms with Crippen molar-refractivity contribution in [3.05, 3.63) is 53.1 Å². The highest BCUT2D eigenvalue weighted by atomic mass is 16.6. The first-order valence-electron chi connectivity index (χ1n) is 7.48. The molecule has 7 heteroatoms. The monoisotopic (exact) mass is 344 g/mol. The molecule has 25 heavy (non-hydrogen) atoms. The fourth-order valence-corrected chi connectivity index (χ4v) is 2.77. The quantitative estimate of drug-likeness (QED) is 0.326. The van der Waals surface area contributed by atoms with Crippen molar-refractivity contribution in [2.45, 2.75) is 6.10 Å². The fraction of sp³-hybridized carbons (Fsp3) is 0.167. The first-order chi connectivity index (χ1) is 11.9. The molecule has 2 atom stereocenters. The van der Waals surface area contributed by atoms with E-state index < -0.39 is 18.0 Å². The summed E-state index contributed by atoms with van der Waals surface area (Å²) in [6.45, 7) is -0.381. The third kappa shape index (κ3) is 3.09. The van der Waals surface area contributed by atoms with Crippen LogP contribution in [-0.4, -0.2) is 38.1 Å². The average Bonchev–Trinajstić information content (AvgIpc) is 2.89. The average molecular weight is 344 g/mol. The number of benzene rings is 2. The molecule has 5 N–H and O–H groups in total. The molecule has 0 bridgehead atoms. The van der Waals surface area contributed by atoms with Crippen LogP contribution in [0.3, 0.4) is 0 Å². The minimum Gasteiger partial charge on any atom is -0.504 e. The Labute approximate surface area is 142 Å². The van der Waals surface area contributed by atoms with Crippen LogP contribution in [0.5, 0.6) is 23.0 Å². The number of aliphatic hydroxyl groups is 1. The summed E-state index contributed by atoms with van der Waals surface area (Å²) in [5.74, 6) is -2.60. The lowest BCUT2D eigenvalue weighted by atomic mass is 9.91. The molecule has 2 aromatic rings. The van der Waals surface area contributed by atoms with E-state index in [2.05, 4.69) is 0 Å². The fourth-order valence-electron chi connectivity index (χ4n) is 2.77. The van der Waals surface area contributed by atoms with Crippen molar-refractivity contribution in [1.29, 1.82) is 0 Å². The number of rotatable bonds is 3. The lowest BCUT2D eigenvalue weighted by Crippen LogP contribution is -2.13. The van der Waals surface area contributed by atoms with Gasteiger partial charge >= 0.3 is 5.97 Å². The molecule has 0 aromatic heterocycles. The van der Waals surface area contributed by atoms with E-state index in [0.29, 0.717) is 11.1 Å². The maximum atomic E-state index is 12.2. The number of phenolic OH excluding ortho intramolecular Hbond substituents is 4. The molecular formula is C18H16O7. The lowest BCUT2D eigenvalue weighted by molar-refractivity contribution is -0.139. The van der Waals surface area contributed by atoms with Gasteiger partial charge in [-0.15, -0.1) is 0 Å². The number of cyclic esters (lactones) is 1.